The molecular weight excluding hydrogens is 275 g/mol. The van der Waals surface area contributed by atoms with Gasteiger partial charge in [0.1, 0.15) is 18.2 Å². The molecule has 0 spiro atoms. The van der Waals surface area contributed by atoms with Crippen molar-refractivity contribution in [1.29, 1.82) is 0 Å². The number of nitro benzene ring substituents is 1. The van der Waals surface area contributed by atoms with E-state index in [9.17, 15) is 14.5 Å². The van der Waals surface area contributed by atoms with Crippen molar-refractivity contribution in [2.75, 3.05) is 7.05 Å². The van der Waals surface area contributed by atoms with Crippen LogP contribution in [0.15, 0.2) is 42.5 Å². The Balaban J connectivity index is 2.04. The number of nitro groups is 1. The summed E-state index contributed by atoms with van der Waals surface area (Å²) in [6, 6.07) is 10.9. The Morgan fingerprint density at radius 2 is 1.90 bits per heavy atom. The van der Waals surface area contributed by atoms with Crippen molar-refractivity contribution < 1.29 is 14.1 Å². The van der Waals surface area contributed by atoms with Crippen molar-refractivity contribution in [3.8, 4) is 5.75 Å². The first-order chi connectivity index (χ1) is 10.1. The van der Waals surface area contributed by atoms with E-state index in [-0.39, 0.29) is 12.3 Å². The Kier molecular flexibility index (Phi) is 4.84. The SMILES string of the molecule is CNCc1ccc(OCc2cc(F)cc([N+](=O)[O-])c2)cc1. The van der Waals surface area contributed by atoms with Crippen LogP contribution in [-0.4, -0.2) is 12.0 Å². The van der Waals surface area contributed by atoms with Crippen LogP contribution in [0.25, 0.3) is 0 Å². The van der Waals surface area contributed by atoms with E-state index in [0.717, 1.165) is 18.2 Å². The second kappa shape index (κ2) is 6.81. The molecule has 0 atom stereocenters. The summed E-state index contributed by atoms with van der Waals surface area (Å²) in [5.74, 6) is -0.0195. The van der Waals surface area contributed by atoms with Crippen LogP contribution in [0.5, 0.6) is 5.75 Å². The Labute approximate surface area is 121 Å². The zero-order chi connectivity index (χ0) is 15.2. The Hall–Kier alpha value is -2.47. The van der Waals surface area contributed by atoms with Gasteiger partial charge in [-0.15, -0.1) is 0 Å². The lowest BCUT2D eigenvalue weighted by Gasteiger charge is -2.07. The summed E-state index contributed by atoms with van der Waals surface area (Å²) in [6.45, 7) is 0.834. The summed E-state index contributed by atoms with van der Waals surface area (Å²) in [7, 11) is 1.86. The number of rotatable bonds is 6. The highest BCUT2D eigenvalue weighted by molar-refractivity contribution is 5.35. The van der Waals surface area contributed by atoms with Crippen molar-refractivity contribution in [2.45, 2.75) is 13.2 Å². The van der Waals surface area contributed by atoms with Crippen molar-refractivity contribution in [1.82, 2.24) is 5.32 Å². The molecule has 6 heteroatoms. The summed E-state index contributed by atoms with van der Waals surface area (Å²) in [5, 5.41) is 13.7. The van der Waals surface area contributed by atoms with E-state index in [4.69, 9.17) is 4.74 Å². The molecule has 0 aliphatic rings. The van der Waals surface area contributed by atoms with Gasteiger partial charge in [0.25, 0.3) is 5.69 Å². The number of non-ortho nitro benzene ring substituents is 1. The van der Waals surface area contributed by atoms with Gasteiger partial charge in [0.05, 0.1) is 11.0 Å². The summed E-state index contributed by atoms with van der Waals surface area (Å²) in [5.41, 5.74) is 1.25. The van der Waals surface area contributed by atoms with Gasteiger partial charge in [-0.05, 0) is 36.4 Å². The number of benzene rings is 2. The first-order valence-corrected chi connectivity index (χ1v) is 6.38. The van der Waals surface area contributed by atoms with Crippen LogP contribution in [0, 0.1) is 15.9 Å². The average molecular weight is 290 g/mol. The largest absolute Gasteiger partial charge is 0.489 e. The van der Waals surface area contributed by atoms with Gasteiger partial charge in [0, 0.05) is 12.6 Å². The maximum Gasteiger partial charge on any atom is 0.272 e. The van der Waals surface area contributed by atoms with Gasteiger partial charge in [-0.3, -0.25) is 10.1 Å². The van der Waals surface area contributed by atoms with Crippen molar-refractivity contribution >= 4 is 5.69 Å². The van der Waals surface area contributed by atoms with E-state index >= 15 is 0 Å². The van der Waals surface area contributed by atoms with Gasteiger partial charge in [-0.25, -0.2) is 4.39 Å². The first-order valence-electron chi connectivity index (χ1n) is 6.38. The Bertz CT molecular complexity index is 629. The molecule has 2 rings (SSSR count). The molecule has 110 valence electrons. The normalized spacial score (nSPS) is 10.4. The smallest absolute Gasteiger partial charge is 0.272 e. The fourth-order valence-electron chi connectivity index (χ4n) is 1.90. The summed E-state index contributed by atoms with van der Waals surface area (Å²) < 4.78 is 18.8. The summed E-state index contributed by atoms with van der Waals surface area (Å²) in [6.07, 6.45) is 0. The zero-order valence-electron chi connectivity index (χ0n) is 11.5. The summed E-state index contributed by atoms with van der Waals surface area (Å²) >= 11 is 0. The number of halogens is 1. The minimum absolute atomic E-state index is 0.0734. The molecule has 0 radical (unpaired) electrons. The number of hydrogen-bond donors (Lipinski definition) is 1. The van der Waals surface area contributed by atoms with Crippen LogP contribution in [0.2, 0.25) is 0 Å². The minimum Gasteiger partial charge on any atom is -0.489 e. The van der Waals surface area contributed by atoms with Crippen LogP contribution in [0.4, 0.5) is 10.1 Å². The molecule has 0 aliphatic heterocycles. The molecule has 0 saturated heterocycles. The van der Waals surface area contributed by atoms with Gasteiger partial charge < -0.3 is 10.1 Å². The van der Waals surface area contributed by atoms with Crippen molar-refractivity contribution in [3.63, 3.8) is 0 Å². The molecule has 0 aromatic heterocycles. The lowest BCUT2D eigenvalue weighted by Crippen LogP contribution is -2.04. The lowest BCUT2D eigenvalue weighted by molar-refractivity contribution is -0.385. The van der Waals surface area contributed by atoms with Crippen LogP contribution in [0.1, 0.15) is 11.1 Å². The fraction of sp³-hybridized carbons (Fsp3) is 0.200. The van der Waals surface area contributed by atoms with Crippen LogP contribution >= 0.6 is 0 Å². The second-order valence-electron chi connectivity index (χ2n) is 4.54. The second-order valence-corrected chi connectivity index (χ2v) is 4.54. The Morgan fingerprint density at radius 3 is 2.52 bits per heavy atom. The maximum atomic E-state index is 13.3. The number of ether oxygens (including phenoxy) is 1. The van der Waals surface area contributed by atoms with E-state index in [1.54, 1.807) is 12.1 Å². The molecule has 2 aromatic carbocycles. The van der Waals surface area contributed by atoms with E-state index < -0.39 is 10.7 Å². The predicted octanol–water partition coefficient (Wildman–Crippen LogP) is 3.03. The molecule has 0 unspecified atom stereocenters. The third kappa shape index (κ3) is 4.25. The van der Waals surface area contributed by atoms with Gasteiger partial charge in [0.15, 0.2) is 0 Å². The highest BCUT2D eigenvalue weighted by Gasteiger charge is 2.10. The molecule has 0 heterocycles. The van der Waals surface area contributed by atoms with Crippen LogP contribution < -0.4 is 10.1 Å². The van der Waals surface area contributed by atoms with E-state index in [2.05, 4.69) is 5.32 Å². The number of nitrogens with zero attached hydrogens (tertiary/aromatic N) is 1. The first kappa shape index (κ1) is 14.9. The molecule has 0 bridgehead atoms. The highest BCUT2D eigenvalue weighted by atomic mass is 19.1. The van der Waals surface area contributed by atoms with Gasteiger partial charge in [-0.1, -0.05) is 12.1 Å². The molecule has 2 aromatic rings. The average Bonchev–Trinajstić information content (AvgIpc) is 2.46. The number of hydrogen-bond acceptors (Lipinski definition) is 4. The number of nitrogens with one attached hydrogen (secondary N) is 1. The standard InChI is InChI=1S/C15H15FN2O3/c1-17-9-11-2-4-15(5-3-11)21-10-12-6-13(16)8-14(7-12)18(19)20/h2-8,17H,9-10H2,1H3. The molecule has 5 nitrogen and oxygen atoms in total. The van der Waals surface area contributed by atoms with Crippen LogP contribution in [0.3, 0.4) is 0 Å². The molecule has 0 saturated carbocycles. The van der Waals surface area contributed by atoms with Gasteiger partial charge in [-0.2, -0.15) is 0 Å². The zero-order valence-corrected chi connectivity index (χ0v) is 11.5. The minimum atomic E-state index is -0.646. The maximum absolute atomic E-state index is 13.3. The fourth-order valence-corrected chi connectivity index (χ4v) is 1.90. The monoisotopic (exact) mass is 290 g/mol. The molecule has 1 N–H and O–H groups in total. The quantitative estimate of drug-likeness (QED) is 0.656. The molecule has 0 aliphatic carbocycles. The molecule has 0 amide bonds. The van der Waals surface area contributed by atoms with Gasteiger partial charge in [0.2, 0.25) is 0 Å². The Morgan fingerprint density at radius 1 is 1.19 bits per heavy atom. The van der Waals surface area contributed by atoms with E-state index in [1.165, 1.54) is 12.1 Å². The lowest BCUT2D eigenvalue weighted by atomic mass is 10.2. The van der Waals surface area contributed by atoms with Crippen molar-refractivity contribution in [2.24, 2.45) is 0 Å². The van der Waals surface area contributed by atoms with Crippen LogP contribution in [-0.2, 0) is 13.2 Å². The van der Waals surface area contributed by atoms with E-state index in [1.807, 2.05) is 19.2 Å². The van der Waals surface area contributed by atoms with Gasteiger partial charge >= 0.3 is 0 Å². The molecule has 0 fully saturated rings. The highest BCUT2D eigenvalue weighted by Crippen LogP contribution is 2.19. The predicted molar refractivity (Wildman–Crippen MR) is 76.6 cm³/mol. The van der Waals surface area contributed by atoms with Crippen molar-refractivity contribution in [3.05, 3.63) is 69.5 Å². The molecular formula is C15H15FN2O3. The summed E-state index contributed by atoms with van der Waals surface area (Å²) in [4.78, 5) is 10.0. The third-order valence-corrected chi connectivity index (χ3v) is 2.86. The van der Waals surface area contributed by atoms with E-state index in [0.29, 0.717) is 11.3 Å². The topological polar surface area (TPSA) is 64.4 Å². The third-order valence-electron chi connectivity index (χ3n) is 2.86. The molecule has 21 heavy (non-hydrogen) atoms.